The molecule has 0 aliphatic rings. The number of hydrogen-bond donors (Lipinski definition) is 2. The number of hydrogen-bond acceptors (Lipinski definition) is 3. The first kappa shape index (κ1) is 14.7. The molecule has 1 rings (SSSR count). The van der Waals surface area contributed by atoms with Crippen molar-refractivity contribution in [3.63, 3.8) is 0 Å². The van der Waals surface area contributed by atoms with Crippen LogP contribution in [0.4, 0.5) is 0 Å². The van der Waals surface area contributed by atoms with Gasteiger partial charge in [0.15, 0.2) is 0 Å². The number of nitrogens with zero attached hydrogens (tertiary/aromatic N) is 2. The van der Waals surface area contributed by atoms with Crippen molar-refractivity contribution in [1.29, 1.82) is 0 Å². The van der Waals surface area contributed by atoms with Crippen LogP contribution in [-0.4, -0.2) is 25.6 Å². The maximum Gasteiger partial charge on any atom is 0.125 e. The minimum atomic E-state index is -1.10. The van der Waals surface area contributed by atoms with E-state index in [2.05, 4.69) is 21.0 Å². The Balaban J connectivity index is 3.19. The smallest absolute Gasteiger partial charge is 0.125 e. The number of halogens is 1. The van der Waals surface area contributed by atoms with Crippen molar-refractivity contribution in [3.8, 4) is 0 Å². The molecule has 2 N–H and O–H groups in total. The third kappa shape index (κ3) is 2.72. The SMILES string of the molecule is CCC(O)(CC)C(O)c1c(Br)cnn1C(C)C. The van der Waals surface area contributed by atoms with E-state index in [4.69, 9.17) is 0 Å². The number of aromatic nitrogens is 2. The molecular formula is C12H21BrN2O2. The molecule has 0 aliphatic carbocycles. The highest BCUT2D eigenvalue weighted by Gasteiger charge is 2.36. The Labute approximate surface area is 111 Å². The zero-order valence-corrected chi connectivity index (χ0v) is 12.4. The van der Waals surface area contributed by atoms with Gasteiger partial charge < -0.3 is 10.2 Å². The summed E-state index contributed by atoms with van der Waals surface area (Å²) in [5.41, 5.74) is -0.457. The minimum absolute atomic E-state index is 0.143. The summed E-state index contributed by atoms with van der Waals surface area (Å²) in [6, 6.07) is 0.143. The Bertz CT molecular complexity index is 373. The van der Waals surface area contributed by atoms with Crippen molar-refractivity contribution in [2.75, 3.05) is 0 Å². The van der Waals surface area contributed by atoms with Gasteiger partial charge in [0.2, 0.25) is 0 Å². The first-order valence-corrected chi connectivity index (χ1v) is 6.80. The molecule has 0 saturated carbocycles. The highest BCUT2D eigenvalue weighted by molar-refractivity contribution is 9.10. The Morgan fingerprint density at radius 3 is 2.35 bits per heavy atom. The van der Waals surface area contributed by atoms with Gasteiger partial charge in [-0.2, -0.15) is 5.10 Å². The summed E-state index contributed by atoms with van der Waals surface area (Å²) < 4.78 is 2.48. The molecule has 5 heteroatoms. The van der Waals surface area contributed by atoms with Crippen molar-refractivity contribution in [2.24, 2.45) is 0 Å². The lowest BCUT2D eigenvalue weighted by Gasteiger charge is -2.32. The Morgan fingerprint density at radius 2 is 1.94 bits per heavy atom. The fourth-order valence-electron chi connectivity index (χ4n) is 1.91. The van der Waals surface area contributed by atoms with Crippen molar-refractivity contribution in [2.45, 2.75) is 58.3 Å². The zero-order chi connectivity index (χ0) is 13.2. The van der Waals surface area contributed by atoms with Gasteiger partial charge in [0.05, 0.1) is 22.0 Å². The van der Waals surface area contributed by atoms with Crippen molar-refractivity contribution >= 4 is 15.9 Å². The zero-order valence-electron chi connectivity index (χ0n) is 10.8. The summed E-state index contributed by atoms with van der Waals surface area (Å²) in [5.74, 6) is 0. The van der Waals surface area contributed by atoms with Crippen LogP contribution in [0.1, 0.15) is 58.4 Å². The van der Waals surface area contributed by atoms with Crippen LogP contribution in [0.2, 0.25) is 0 Å². The molecule has 17 heavy (non-hydrogen) atoms. The van der Waals surface area contributed by atoms with E-state index in [1.54, 1.807) is 10.9 Å². The molecule has 0 bridgehead atoms. The van der Waals surface area contributed by atoms with Crippen molar-refractivity contribution in [1.82, 2.24) is 9.78 Å². The Kier molecular flexibility index (Phi) is 4.75. The normalized spacial score (nSPS) is 14.4. The van der Waals surface area contributed by atoms with Gasteiger partial charge in [0.1, 0.15) is 6.10 Å². The van der Waals surface area contributed by atoms with Gasteiger partial charge in [-0.3, -0.25) is 4.68 Å². The van der Waals surface area contributed by atoms with Gasteiger partial charge in [-0.15, -0.1) is 0 Å². The number of aliphatic hydroxyl groups is 2. The summed E-state index contributed by atoms with van der Waals surface area (Å²) in [6.45, 7) is 7.73. The molecule has 4 nitrogen and oxygen atoms in total. The predicted molar refractivity (Wildman–Crippen MR) is 70.8 cm³/mol. The van der Waals surface area contributed by atoms with Gasteiger partial charge in [-0.25, -0.2) is 0 Å². The van der Waals surface area contributed by atoms with Crippen LogP contribution in [0.25, 0.3) is 0 Å². The molecule has 1 aromatic heterocycles. The van der Waals surface area contributed by atoms with Gasteiger partial charge in [-0.1, -0.05) is 13.8 Å². The van der Waals surface area contributed by atoms with E-state index in [0.717, 1.165) is 4.47 Å². The molecule has 0 saturated heterocycles. The number of rotatable bonds is 5. The molecule has 0 fully saturated rings. The van der Waals surface area contributed by atoms with Crippen LogP contribution >= 0.6 is 15.9 Å². The topological polar surface area (TPSA) is 58.3 Å². The lowest BCUT2D eigenvalue weighted by atomic mass is 9.88. The standard InChI is InChI=1S/C12H21BrN2O2/c1-5-12(17,6-2)11(16)10-9(13)7-14-15(10)8(3)4/h7-8,11,16-17H,5-6H2,1-4H3. The fourth-order valence-corrected chi connectivity index (χ4v) is 2.40. The van der Waals surface area contributed by atoms with Crippen molar-refractivity contribution in [3.05, 3.63) is 16.4 Å². The highest BCUT2D eigenvalue weighted by atomic mass is 79.9. The quantitative estimate of drug-likeness (QED) is 0.879. The van der Waals surface area contributed by atoms with Gasteiger partial charge in [-0.05, 0) is 42.6 Å². The second-order valence-electron chi connectivity index (χ2n) is 4.63. The molecule has 0 spiro atoms. The van der Waals surface area contributed by atoms with Crippen molar-refractivity contribution < 1.29 is 10.2 Å². The van der Waals surface area contributed by atoms with E-state index in [1.807, 2.05) is 27.7 Å². The minimum Gasteiger partial charge on any atom is -0.387 e. The first-order valence-electron chi connectivity index (χ1n) is 6.00. The molecule has 0 aliphatic heterocycles. The molecule has 0 amide bonds. The molecular weight excluding hydrogens is 284 g/mol. The predicted octanol–water partition coefficient (Wildman–Crippen LogP) is 2.81. The lowest BCUT2D eigenvalue weighted by molar-refractivity contribution is -0.0862. The highest BCUT2D eigenvalue weighted by Crippen LogP contribution is 2.36. The van der Waals surface area contributed by atoms with Gasteiger partial charge in [0.25, 0.3) is 0 Å². The van der Waals surface area contributed by atoms with Crippen LogP contribution in [0.15, 0.2) is 10.7 Å². The molecule has 1 heterocycles. The summed E-state index contributed by atoms with van der Waals surface area (Å²) in [6.07, 6.45) is 1.72. The van der Waals surface area contributed by atoms with E-state index in [-0.39, 0.29) is 6.04 Å². The third-order valence-electron chi connectivity index (χ3n) is 3.27. The van der Waals surface area contributed by atoms with E-state index < -0.39 is 11.7 Å². The summed E-state index contributed by atoms with van der Waals surface area (Å²) >= 11 is 3.38. The molecule has 1 aromatic rings. The molecule has 98 valence electrons. The first-order chi connectivity index (χ1) is 7.87. The fraction of sp³-hybridized carbons (Fsp3) is 0.750. The van der Waals surface area contributed by atoms with Crippen LogP contribution < -0.4 is 0 Å². The van der Waals surface area contributed by atoms with Gasteiger partial charge >= 0.3 is 0 Å². The van der Waals surface area contributed by atoms with E-state index in [1.165, 1.54) is 0 Å². The molecule has 1 atom stereocenters. The molecule has 0 aromatic carbocycles. The Morgan fingerprint density at radius 1 is 1.41 bits per heavy atom. The van der Waals surface area contributed by atoms with Gasteiger partial charge in [0, 0.05) is 6.04 Å². The maximum atomic E-state index is 10.4. The molecule has 0 radical (unpaired) electrons. The van der Waals surface area contributed by atoms with Crippen LogP contribution in [-0.2, 0) is 0 Å². The number of aliphatic hydroxyl groups excluding tert-OH is 1. The Hall–Kier alpha value is -0.390. The largest absolute Gasteiger partial charge is 0.387 e. The van der Waals surface area contributed by atoms with Crippen LogP contribution in [0.3, 0.4) is 0 Å². The van der Waals surface area contributed by atoms with Crippen LogP contribution in [0, 0.1) is 0 Å². The average Bonchev–Trinajstić information content (AvgIpc) is 2.69. The summed E-state index contributed by atoms with van der Waals surface area (Å²) in [7, 11) is 0. The second-order valence-corrected chi connectivity index (χ2v) is 5.48. The average molecular weight is 305 g/mol. The second kappa shape index (κ2) is 5.50. The lowest BCUT2D eigenvalue weighted by Crippen LogP contribution is -2.36. The van der Waals surface area contributed by atoms with Crippen LogP contribution in [0.5, 0.6) is 0 Å². The van der Waals surface area contributed by atoms with E-state index in [0.29, 0.717) is 18.5 Å². The summed E-state index contributed by atoms with van der Waals surface area (Å²) in [5, 5.41) is 25.0. The van der Waals surface area contributed by atoms with E-state index >= 15 is 0 Å². The third-order valence-corrected chi connectivity index (χ3v) is 3.88. The monoisotopic (exact) mass is 304 g/mol. The maximum absolute atomic E-state index is 10.4. The molecule has 1 unspecified atom stereocenters. The van der Waals surface area contributed by atoms with E-state index in [9.17, 15) is 10.2 Å². The summed E-state index contributed by atoms with van der Waals surface area (Å²) in [4.78, 5) is 0.